The van der Waals surface area contributed by atoms with Gasteiger partial charge in [-0.3, -0.25) is 0 Å². The number of pyridine rings is 1. The SMILES string of the molecule is C=C(c1ccn2nccc2c1)c1cnc(NC2CCC(C)(C)CC2)nc1C. The first-order valence-electron chi connectivity index (χ1n) is 9.64. The summed E-state index contributed by atoms with van der Waals surface area (Å²) in [5, 5.41) is 7.76. The van der Waals surface area contributed by atoms with E-state index in [9.17, 15) is 0 Å². The minimum absolute atomic E-state index is 0.465. The van der Waals surface area contributed by atoms with Crippen molar-refractivity contribution < 1.29 is 0 Å². The van der Waals surface area contributed by atoms with E-state index in [0.717, 1.165) is 33.9 Å². The zero-order valence-electron chi connectivity index (χ0n) is 16.4. The maximum Gasteiger partial charge on any atom is 0.223 e. The summed E-state index contributed by atoms with van der Waals surface area (Å²) in [7, 11) is 0. The Labute approximate surface area is 160 Å². The van der Waals surface area contributed by atoms with E-state index in [4.69, 9.17) is 4.98 Å². The molecule has 0 radical (unpaired) electrons. The topological polar surface area (TPSA) is 55.1 Å². The van der Waals surface area contributed by atoms with Crippen molar-refractivity contribution in [3.8, 4) is 0 Å². The lowest BCUT2D eigenvalue weighted by molar-refractivity contribution is 0.232. The molecule has 27 heavy (non-hydrogen) atoms. The summed E-state index contributed by atoms with van der Waals surface area (Å²) < 4.78 is 1.85. The maximum atomic E-state index is 4.70. The van der Waals surface area contributed by atoms with Gasteiger partial charge in [-0.15, -0.1) is 0 Å². The van der Waals surface area contributed by atoms with Crippen molar-refractivity contribution in [2.24, 2.45) is 5.41 Å². The largest absolute Gasteiger partial charge is 0.351 e. The van der Waals surface area contributed by atoms with E-state index >= 15 is 0 Å². The monoisotopic (exact) mass is 361 g/mol. The molecule has 0 atom stereocenters. The van der Waals surface area contributed by atoms with E-state index < -0.39 is 0 Å². The smallest absolute Gasteiger partial charge is 0.223 e. The summed E-state index contributed by atoms with van der Waals surface area (Å²) in [5.41, 5.74) is 5.43. The first-order chi connectivity index (χ1) is 12.9. The summed E-state index contributed by atoms with van der Waals surface area (Å²) in [6.07, 6.45) is 10.5. The number of aromatic nitrogens is 4. The molecule has 1 fully saturated rings. The van der Waals surface area contributed by atoms with Crippen LogP contribution in [0.5, 0.6) is 0 Å². The van der Waals surface area contributed by atoms with Gasteiger partial charge in [0.1, 0.15) is 0 Å². The molecule has 1 saturated carbocycles. The van der Waals surface area contributed by atoms with Crippen molar-refractivity contribution in [2.75, 3.05) is 5.32 Å². The van der Waals surface area contributed by atoms with E-state index in [-0.39, 0.29) is 0 Å². The summed E-state index contributed by atoms with van der Waals surface area (Å²) in [6.45, 7) is 11.0. The lowest BCUT2D eigenvalue weighted by Gasteiger charge is -2.34. The fourth-order valence-electron chi connectivity index (χ4n) is 3.82. The molecule has 3 aromatic rings. The zero-order valence-corrected chi connectivity index (χ0v) is 16.4. The molecule has 1 aliphatic carbocycles. The third-order valence-electron chi connectivity index (χ3n) is 5.72. The molecule has 4 rings (SSSR count). The van der Waals surface area contributed by atoms with Gasteiger partial charge in [-0.25, -0.2) is 14.5 Å². The molecule has 3 heterocycles. The van der Waals surface area contributed by atoms with Crippen LogP contribution in [0.3, 0.4) is 0 Å². The highest BCUT2D eigenvalue weighted by Gasteiger charge is 2.27. The Balaban J connectivity index is 1.50. The number of aryl methyl sites for hydroxylation is 1. The molecule has 0 saturated heterocycles. The van der Waals surface area contributed by atoms with Crippen molar-refractivity contribution in [1.29, 1.82) is 0 Å². The van der Waals surface area contributed by atoms with E-state index in [2.05, 4.69) is 41.9 Å². The predicted octanol–water partition coefficient (Wildman–Crippen LogP) is 4.87. The third kappa shape index (κ3) is 3.72. The average Bonchev–Trinajstić information content (AvgIpc) is 3.11. The minimum atomic E-state index is 0.465. The number of nitrogens with one attached hydrogen (secondary N) is 1. The second-order valence-electron chi connectivity index (χ2n) is 8.37. The molecule has 0 aliphatic heterocycles. The summed E-state index contributed by atoms with van der Waals surface area (Å²) in [5.74, 6) is 0.722. The van der Waals surface area contributed by atoms with E-state index in [0.29, 0.717) is 11.5 Å². The number of anilines is 1. The van der Waals surface area contributed by atoms with Gasteiger partial charge in [0.2, 0.25) is 5.95 Å². The van der Waals surface area contributed by atoms with Crippen LogP contribution in [0.15, 0.2) is 43.4 Å². The molecule has 0 unspecified atom stereocenters. The summed E-state index contributed by atoms with van der Waals surface area (Å²) >= 11 is 0. The van der Waals surface area contributed by atoms with E-state index in [1.165, 1.54) is 25.7 Å². The lowest BCUT2D eigenvalue weighted by Crippen LogP contribution is -2.30. The van der Waals surface area contributed by atoms with Crippen LogP contribution in [0.4, 0.5) is 5.95 Å². The molecule has 0 spiro atoms. The van der Waals surface area contributed by atoms with Gasteiger partial charge in [0.25, 0.3) is 0 Å². The Hall–Kier alpha value is -2.69. The molecule has 0 bridgehead atoms. The number of hydrogen-bond acceptors (Lipinski definition) is 4. The first-order valence-corrected chi connectivity index (χ1v) is 9.64. The van der Waals surface area contributed by atoms with E-state index in [1.54, 1.807) is 6.20 Å². The van der Waals surface area contributed by atoms with Gasteiger partial charge in [0, 0.05) is 30.2 Å². The molecule has 5 heteroatoms. The highest BCUT2D eigenvalue weighted by Crippen LogP contribution is 2.36. The Bertz CT molecular complexity index is 975. The van der Waals surface area contributed by atoms with Crippen LogP contribution in [0.1, 0.15) is 56.4 Å². The van der Waals surface area contributed by atoms with Crippen molar-refractivity contribution >= 4 is 17.0 Å². The standard InChI is InChI=1S/C22H27N5/c1-15(17-8-12-27-19(13-17)7-11-24-27)20-14-23-21(25-16(20)2)26-18-5-9-22(3,4)10-6-18/h7-8,11-14,18H,1,5-6,9-10H2,2-4H3,(H,23,25,26). The number of fused-ring (bicyclic) bond motifs is 1. The second-order valence-corrected chi connectivity index (χ2v) is 8.37. The van der Waals surface area contributed by atoms with Gasteiger partial charge in [0.05, 0.1) is 11.2 Å². The molecule has 0 aromatic carbocycles. The van der Waals surface area contributed by atoms with Crippen LogP contribution in [0.2, 0.25) is 0 Å². The minimum Gasteiger partial charge on any atom is -0.351 e. The highest BCUT2D eigenvalue weighted by molar-refractivity contribution is 5.80. The maximum absolute atomic E-state index is 4.70. The normalized spacial score (nSPS) is 17.1. The lowest BCUT2D eigenvalue weighted by atomic mass is 9.76. The number of hydrogen-bond donors (Lipinski definition) is 1. The fourth-order valence-corrected chi connectivity index (χ4v) is 3.82. The average molecular weight is 361 g/mol. The van der Waals surface area contributed by atoms with Crippen LogP contribution in [0.25, 0.3) is 11.1 Å². The van der Waals surface area contributed by atoms with Crippen LogP contribution in [-0.4, -0.2) is 25.6 Å². The Morgan fingerprint density at radius 1 is 1.26 bits per heavy atom. The second kappa shape index (κ2) is 6.80. The first kappa shape index (κ1) is 17.7. The quantitative estimate of drug-likeness (QED) is 0.720. The van der Waals surface area contributed by atoms with Crippen molar-refractivity contribution in [1.82, 2.24) is 19.6 Å². The molecule has 0 amide bonds. The van der Waals surface area contributed by atoms with Crippen LogP contribution < -0.4 is 5.32 Å². The molecule has 3 aromatic heterocycles. The predicted molar refractivity (Wildman–Crippen MR) is 110 cm³/mol. The Morgan fingerprint density at radius 3 is 2.78 bits per heavy atom. The van der Waals surface area contributed by atoms with Crippen molar-refractivity contribution in [3.05, 3.63) is 60.2 Å². The number of rotatable bonds is 4. The van der Waals surface area contributed by atoms with Gasteiger partial charge < -0.3 is 5.32 Å². The molecular formula is C22H27N5. The highest BCUT2D eigenvalue weighted by atomic mass is 15.2. The number of nitrogens with zero attached hydrogens (tertiary/aromatic N) is 4. The summed E-state index contributed by atoms with van der Waals surface area (Å²) in [6, 6.07) is 6.57. The van der Waals surface area contributed by atoms with Gasteiger partial charge in [0.15, 0.2) is 0 Å². The van der Waals surface area contributed by atoms with Crippen molar-refractivity contribution in [2.45, 2.75) is 52.5 Å². The van der Waals surface area contributed by atoms with Gasteiger partial charge in [-0.05, 0) is 67.4 Å². The van der Waals surface area contributed by atoms with Crippen LogP contribution >= 0.6 is 0 Å². The van der Waals surface area contributed by atoms with Gasteiger partial charge >= 0.3 is 0 Å². The van der Waals surface area contributed by atoms with Gasteiger partial charge in [-0.1, -0.05) is 20.4 Å². The summed E-state index contributed by atoms with van der Waals surface area (Å²) in [4.78, 5) is 9.27. The fraction of sp³-hybridized carbons (Fsp3) is 0.409. The molecule has 140 valence electrons. The third-order valence-corrected chi connectivity index (χ3v) is 5.72. The molecular weight excluding hydrogens is 334 g/mol. The Kier molecular flexibility index (Phi) is 4.46. The Morgan fingerprint density at radius 2 is 2.04 bits per heavy atom. The van der Waals surface area contributed by atoms with Crippen LogP contribution in [0, 0.1) is 12.3 Å². The van der Waals surface area contributed by atoms with Crippen molar-refractivity contribution in [3.63, 3.8) is 0 Å². The van der Waals surface area contributed by atoms with Crippen LogP contribution in [-0.2, 0) is 0 Å². The molecule has 1 N–H and O–H groups in total. The van der Waals surface area contributed by atoms with E-state index in [1.807, 2.05) is 36.0 Å². The van der Waals surface area contributed by atoms with Gasteiger partial charge in [-0.2, -0.15) is 5.10 Å². The zero-order chi connectivity index (χ0) is 19.0. The molecule has 5 nitrogen and oxygen atoms in total. The molecule has 1 aliphatic rings.